The lowest BCUT2D eigenvalue weighted by Gasteiger charge is -2.22. The zero-order valence-electron chi connectivity index (χ0n) is 43.3. The van der Waals surface area contributed by atoms with Gasteiger partial charge in [-0.05, 0) is 44.9 Å². The lowest BCUT2D eigenvalue weighted by molar-refractivity contribution is -0.143. The molecule has 0 rings (SSSR count). The average molecular weight is 905 g/mol. The molecule has 0 aromatic rings. The summed E-state index contributed by atoms with van der Waals surface area (Å²) in [5.74, 6) is -0.122. The number of carbonyl (C=O) groups excluding carboxylic acids is 2. The van der Waals surface area contributed by atoms with E-state index in [1.54, 1.807) is 0 Å². The van der Waals surface area contributed by atoms with Crippen LogP contribution >= 0.6 is 0 Å². The average Bonchev–Trinajstić information content (AvgIpc) is 3.29. The number of hydrogen-bond donors (Lipinski definition) is 3. The quantitative estimate of drug-likeness (QED) is 0.0321. The summed E-state index contributed by atoms with van der Waals surface area (Å²) in [5, 5.41) is 23.3. The lowest BCUT2D eigenvalue weighted by Crippen LogP contribution is -2.45. The van der Waals surface area contributed by atoms with Crippen molar-refractivity contribution in [2.75, 3.05) is 13.2 Å². The molecule has 6 nitrogen and oxygen atoms in total. The Labute approximate surface area is 399 Å². The molecule has 380 valence electrons. The van der Waals surface area contributed by atoms with E-state index in [4.69, 9.17) is 4.74 Å². The van der Waals surface area contributed by atoms with Crippen molar-refractivity contribution in [3.8, 4) is 0 Å². The highest BCUT2D eigenvalue weighted by Crippen LogP contribution is 2.18. The molecule has 0 saturated heterocycles. The van der Waals surface area contributed by atoms with E-state index in [9.17, 15) is 19.8 Å². The van der Waals surface area contributed by atoms with Gasteiger partial charge in [0.05, 0.1) is 25.4 Å². The van der Waals surface area contributed by atoms with Crippen LogP contribution in [0.1, 0.15) is 322 Å². The number of rotatable bonds is 54. The number of esters is 1. The summed E-state index contributed by atoms with van der Waals surface area (Å²) < 4.78 is 5.45. The van der Waals surface area contributed by atoms with Gasteiger partial charge in [0.15, 0.2) is 0 Å². The van der Waals surface area contributed by atoms with Gasteiger partial charge in [0, 0.05) is 12.8 Å². The normalized spacial score (nSPS) is 12.6. The molecule has 0 aromatic carbocycles. The van der Waals surface area contributed by atoms with Crippen molar-refractivity contribution in [3.63, 3.8) is 0 Å². The first-order valence-corrected chi connectivity index (χ1v) is 28.9. The van der Waals surface area contributed by atoms with Gasteiger partial charge in [-0.1, -0.05) is 276 Å². The van der Waals surface area contributed by atoms with Gasteiger partial charge in [0.1, 0.15) is 0 Å². The number of carbonyl (C=O) groups is 2. The number of hydrogen-bond acceptors (Lipinski definition) is 5. The van der Waals surface area contributed by atoms with Gasteiger partial charge in [-0.3, -0.25) is 9.59 Å². The van der Waals surface area contributed by atoms with Crippen molar-refractivity contribution in [2.24, 2.45) is 0 Å². The third kappa shape index (κ3) is 50.0. The highest BCUT2D eigenvalue weighted by Gasteiger charge is 2.20. The van der Waals surface area contributed by atoms with E-state index in [1.807, 2.05) is 0 Å². The predicted molar refractivity (Wildman–Crippen MR) is 278 cm³/mol. The number of aliphatic hydroxyl groups is 2. The van der Waals surface area contributed by atoms with E-state index in [-0.39, 0.29) is 18.5 Å². The highest BCUT2D eigenvalue weighted by atomic mass is 16.5. The maximum absolute atomic E-state index is 12.5. The smallest absolute Gasteiger partial charge is 0.305 e. The van der Waals surface area contributed by atoms with Crippen molar-refractivity contribution >= 4 is 11.9 Å². The fourth-order valence-electron chi connectivity index (χ4n) is 9.12. The number of ether oxygens (including phenoxy) is 1. The first kappa shape index (κ1) is 62.6. The fraction of sp³-hybridized carbons (Fsp3) is 0.931. The van der Waals surface area contributed by atoms with Gasteiger partial charge in [-0.2, -0.15) is 0 Å². The van der Waals surface area contributed by atoms with Crippen molar-refractivity contribution in [1.29, 1.82) is 0 Å². The molecular weight excluding hydrogens is 791 g/mol. The third-order valence-electron chi connectivity index (χ3n) is 13.6. The van der Waals surface area contributed by atoms with Crippen molar-refractivity contribution < 1.29 is 24.5 Å². The van der Waals surface area contributed by atoms with Gasteiger partial charge < -0.3 is 20.3 Å². The van der Waals surface area contributed by atoms with Crippen LogP contribution in [0.3, 0.4) is 0 Å². The van der Waals surface area contributed by atoms with Gasteiger partial charge in [-0.25, -0.2) is 0 Å². The number of allylic oxidation sites excluding steroid dienone is 2. The molecule has 3 N–H and O–H groups in total. The Hall–Kier alpha value is -1.40. The molecule has 1 amide bonds. The first-order chi connectivity index (χ1) is 31.5. The van der Waals surface area contributed by atoms with E-state index in [2.05, 4.69) is 31.3 Å². The van der Waals surface area contributed by atoms with Crippen molar-refractivity contribution in [2.45, 2.75) is 334 Å². The lowest BCUT2D eigenvalue weighted by atomic mass is 10.0. The highest BCUT2D eigenvalue weighted by molar-refractivity contribution is 5.76. The molecule has 6 heteroatoms. The van der Waals surface area contributed by atoms with Crippen LogP contribution in [0.25, 0.3) is 0 Å². The number of aliphatic hydroxyl groups excluding tert-OH is 2. The summed E-state index contributed by atoms with van der Waals surface area (Å²) in [4.78, 5) is 24.5. The fourth-order valence-corrected chi connectivity index (χ4v) is 9.12. The van der Waals surface area contributed by atoms with Crippen molar-refractivity contribution in [3.05, 3.63) is 12.2 Å². The zero-order valence-corrected chi connectivity index (χ0v) is 43.3. The topological polar surface area (TPSA) is 95.9 Å². The van der Waals surface area contributed by atoms with E-state index in [0.29, 0.717) is 25.9 Å². The van der Waals surface area contributed by atoms with Crippen LogP contribution in [0, 0.1) is 0 Å². The molecule has 0 fully saturated rings. The van der Waals surface area contributed by atoms with Gasteiger partial charge in [-0.15, -0.1) is 0 Å². The summed E-state index contributed by atoms with van der Waals surface area (Å²) in [6.45, 7) is 4.89. The van der Waals surface area contributed by atoms with Crippen LogP contribution in [-0.4, -0.2) is 47.4 Å². The summed E-state index contributed by atoms with van der Waals surface area (Å²) in [7, 11) is 0. The standard InChI is InChI=1S/C58H113NO5/c1-3-5-7-9-11-13-15-17-19-21-22-23-24-25-26-27-29-31-34-38-42-46-50-56(61)55(54-60)59-57(62)51-47-43-39-35-33-37-41-45-49-53-64-58(63)52-48-44-40-36-32-30-28-20-18-16-14-12-10-8-6-4-2/h35,39,55-56,60-61H,3-34,36-38,40-54H2,1-2H3,(H,59,62)/b39-35-. The summed E-state index contributed by atoms with van der Waals surface area (Å²) in [6.07, 6.45) is 63.5. The Balaban J connectivity index is 3.50. The van der Waals surface area contributed by atoms with E-state index in [0.717, 1.165) is 70.6 Å². The number of nitrogens with one attached hydrogen (secondary N) is 1. The monoisotopic (exact) mass is 904 g/mol. The number of unbranched alkanes of at least 4 members (excludes halogenated alkanes) is 41. The first-order valence-electron chi connectivity index (χ1n) is 28.9. The minimum Gasteiger partial charge on any atom is -0.466 e. The van der Waals surface area contributed by atoms with Crippen LogP contribution in [0.5, 0.6) is 0 Å². The Morgan fingerprint density at radius 3 is 1.14 bits per heavy atom. The molecule has 0 aliphatic rings. The third-order valence-corrected chi connectivity index (χ3v) is 13.6. The van der Waals surface area contributed by atoms with Gasteiger partial charge >= 0.3 is 5.97 Å². The Kier molecular flexibility index (Phi) is 53.0. The molecule has 0 bridgehead atoms. The second-order valence-electron chi connectivity index (χ2n) is 20.0. The molecule has 0 aromatic heterocycles. The SMILES string of the molecule is CCCCCCCCCCCCCCCCCCCCCCCCC(O)C(CO)NC(=O)CCC/C=C\CCCCCCOC(=O)CCCCCCCCCCCCCCCCCC. The van der Waals surface area contributed by atoms with Crippen molar-refractivity contribution in [1.82, 2.24) is 5.32 Å². The molecule has 2 atom stereocenters. The zero-order chi connectivity index (χ0) is 46.5. The van der Waals surface area contributed by atoms with E-state index in [1.165, 1.54) is 218 Å². The molecule has 0 spiro atoms. The summed E-state index contributed by atoms with van der Waals surface area (Å²) in [5.41, 5.74) is 0. The minimum atomic E-state index is -0.695. The van der Waals surface area contributed by atoms with Crippen LogP contribution in [-0.2, 0) is 14.3 Å². The Morgan fingerprint density at radius 2 is 0.750 bits per heavy atom. The molecule has 2 unspecified atom stereocenters. The summed E-state index contributed by atoms with van der Waals surface area (Å²) >= 11 is 0. The Bertz CT molecular complexity index is 955. The van der Waals surface area contributed by atoms with Crippen LogP contribution in [0.4, 0.5) is 0 Å². The molecule has 0 saturated carbocycles. The minimum absolute atomic E-state index is 0.0310. The van der Waals surface area contributed by atoms with E-state index >= 15 is 0 Å². The molecule has 0 aliphatic carbocycles. The second-order valence-corrected chi connectivity index (χ2v) is 20.0. The van der Waals surface area contributed by atoms with Crippen LogP contribution in [0.2, 0.25) is 0 Å². The molecule has 64 heavy (non-hydrogen) atoms. The van der Waals surface area contributed by atoms with Crippen LogP contribution < -0.4 is 5.32 Å². The summed E-state index contributed by atoms with van der Waals surface area (Å²) in [6, 6.07) is -0.579. The molecular formula is C58H113NO5. The van der Waals surface area contributed by atoms with E-state index < -0.39 is 12.1 Å². The molecule has 0 aliphatic heterocycles. The Morgan fingerprint density at radius 1 is 0.422 bits per heavy atom. The predicted octanol–water partition coefficient (Wildman–Crippen LogP) is 17.7. The maximum Gasteiger partial charge on any atom is 0.305 e. The second kappa shape index (κ2) is 54.2. The molecule has 0 heterocycles. The molecule has 0 radical (unpaired) electrons. The maximum atomic E-state index is 12.5. The number of amides is 1. The van der Waals surface area contributed by atoms with Gasteiger partial charge in [0.25, 0.3) is 0 Å². The largest absolute Gasteiger partial charge is 0.466 e. The van der Waals surface area contributed by atoms with Crippen LogP contribution in [0.15, 0.2) is 12.2 Å². The van der Waals surface area contributed by atoms with Gasteiger partial charge in [0.2, 0.25) is 5.91 Å².